The predicted molar refractivity (Wildman–Crippen MR) is 108 cm³/mol. The third kappa shape index (κ3) is 3.72. The van der Waals surface area contributed by atoms with Crippen LogP contribution in [0.4, 0.5) is 19.0 Å². The Morgan fingerprint density at radius 3 is 2.61 bits per heavy atom. The number of alkyl halides is 3. The Balaban J connectivity index is 1.68. The van der Waals surface area contributed by atoms with Crippen LogP contribution in [-0.2, 0) is 19.8 Å². The Kier molecular flexibility index (Phi) is 4.92. The normalized spacial score (nSPS) is 11.9. The highest BCUT2D eigenvalue weighted by molar-refractivity contribution is 6.35. The van der Waals surface area contributed by atoms with Gasteiger partial charge in [0.05, 0.1) is 45.4 Å². The maximum absolute atomic E-state index is 13.0. The molecule has 3 aromatic heterocycles. The smallest absolute Gasteiger partial charge is 0.383 e. The zero-order valence-corrected chi connectivity index (χ0v) is 17.0. The van der Waals surface area contributed by atoms with E-state index in [2.05, 4.69) is 20.3 Å². The predicted octanol–water partition coefficient (Wildman–Crippen LogP) is 3.44. The molecule has 4 aromatic rings. The SMILES string of the molecule is CN(Cc1ccc(C(F)(F)F)nn1)C(=O)c1cc2c(cc1Cl)nc(N)c1cnn(C)c12. The van der Waals surface area contributed by atoms with Crippen molar-refractivity contribution in [2.45, 2.75) is 12.7 Å². The number of amides is 1. The summed E-state index contributed by atoms with van der Waals surface area (Å²) in [6.07, 6.45) is -3.00. The fourth-order valence-corrected chi connectivity index (χ4v) is 3.50. The minimum atomic E-state index is -4.58. The summed E-state index contributed by atoms with van der Waals surface area (Å²) >= 11 is 6.33. The van der Waals surface area contributed by atoms with Gasteiger partial charge in [-0.05, 0) is 24.3 Å². The van der Waals surface area contributed by atoms with Crippen molar-refractivity contribution in [3.63, 3.8) is 0 Å². The summed E-state index contributed by atoms with van der Waals surface area (Å²) in [5.41, 5.74) is 6.49. The molecule has 2 N–H and O–H groups in total. The molecule has 0 saturated carbocycles. The molecule has 160 valence electrons. The lowest BCUT2D eigenvalue weighted by Gasteiger charge is -2.18. The number of benzene rings is 1. The van der Waals surface area contributed by atoms with Gasteiger partial charge in [0.2, 0.25) is 0 Å². The maximum Gasteiger partial charge on any atom is 0.435 e. The minimum absolute atomic E-state index is 0.0561. The number of rotatable bonds is 3. The van der Waals surface area contributed by atoms with Crippen LogP contribution < -0.4 is 5.73 Å². The average Bonchev–Trinajstić information content (AvgIpc) is 3.09. The molecule has 0 aliphatic carbocycles. The van der Waals surface area contributed by atoms with Crippen molar-refractivity contribution >= 4 is 45.1 Å². The zero-order chi connectivity index (χ0) is 22.5. The van der Waals surface area contributed by atoms with Crippen molar-refractivity contribution in [3.05, 3.63) is 52.4 Å². The first-order valence-electron chi connectivity index (χ1n) is 8.92. The van der Waals surface area contributed by atoms with E-state index in [-0.39, 0.29) is 22.8 Å². The van der Waals surface area contributed by atoms with Gasteiger partial charge in [-0.3, -0.25) is 9.48 Å². The fourth-order valence-electron chi connectivity index (χ4n) is 3.26. The lowest BCUT2D eigenvalue weighted by Crippen LogP contribution is -2.27. The Morgan fingerprint density at radius 1 is 1.23 bits per heavy atom. The van der Waals surface area contributed by atoms with E-state index in [1.54, 1.807) is 30.1 Å². The molecule has 4 rings (SSSR count). The Morgan fingerprint density at radius 2 is 1.97 bits per heavy atom. The van der Waals surface area contributed by atoms with Crippen molar-refractivity contribution in [1.82, 2.24) is 29.9 Å². The van der Waals surface area contributed by atoms with Crippen LogP contribution in [0.15, 0.2) is 30.5 Å². The number of carbonyl (C=O) groups excluding carboxylic acids is 1. The molecule has 31 heavy (non-hydrogen) atoms. The van der Waals surface area contributed by atoms with Gasteiger partial charge < -0.3 is 10.6 Å². The summed E-state index contributed by atoms with van der Waals surface area (Å²) in [5.74, 6) is -0.149. The van der Waals surface area contributed by atoms with E-state index in [9.17, 15) is 18.0 Å². The van der Waals surface area contributed by atoms with Crippen molar-refractivity contribution < 1.29 is 18.0 Å². The number of nitrogen functional groups attached to an aromatic ring is 1. The molecule has 1 aromatic carbocycles. The minimum Gasteiger partial charge on any atom is -0.383 e. The highest BCUT2D eigenvalue weighted by Crippen LogP contribution is 2.32. The topological polar surface area (TPSA) is 103 Å². The molecular formula is C19H15ClF3N7O. The molecule has 12 heteroatoms. The number of nitrogens with two attached hydrogens (primary N) is 1. The second-order valence-corrected chi connectivity index (χ2v) is 7.35. The van der Waals surface area contributed by atoms with Gasteiger partial charge in [-0.1, -0.05) is 11.6 Å². The van der Waals surface area contributed by atoms with Gasteiger partial charge in [-0.2, -0.15) is 23.4 Å². The van der Waals surface area contributed by atoms with E-state index in [4.69, 9.17) is 17.3 Å². The van der Waals surface area contributed by atoms with Gasteiger partial charge >= 0.3 is 6.18 Å². The van der Waals surface area contributed by atoms with Crippen molar-refractivity contribution in [2.75, 3.05) is 12.8 Å². The second kappa shape index (κ2) is 7.34. The summed E-state index contributed by atoms with van der Waals surface area (Å²) in [4.78, 5) is 18.6. The summed E-state index contributed by atoms with van der Waals surface area (Å²) in [7, 11) is 3.23. The first kappa shape index (κ1) is 20.8. The van der Waals surface area contributed by atoms with Crippen LogP contribution in [0.5, 0.6) is 0 Å². The number of aromatic nitrogens is 5. The molecular weight excluding hydrogens is 435 g/mol. The Hall–Kier alpha value is -3.47. The van der Waals surface area contributed by atoms with Crippen molar-refractivity contribution in [2.24, 2.45) is 7.05 Å². The monoisotopic (exact) mass is 449 g/mol. The van der Waals surface area contributed by atoms with E-state index >= 15 is 0 Å². The molecule has 8 nitrogen and oxygen atoms in total. The first-order valence-corrected chi connectivity index (χ1v) is 9.29. The second-order valence-electron chi connectivity index (χ2n) is 6.95. The number of pyridine rings is 1. The highest BCUT2D eigenvalue weighted by Gasteiger charge is 2.33. The summed E-state index contributed by atoms with van der Waals surface area (Å²) in [6.45, 7) is -0.0561. The average molecular weight is 450 g/mol. The van der Waals surface area contributed by atoms with Gasteiger partial charge in [0.1, 0.15) is 5.82 Å². The van der Waals surface area contributed by atoms with Crippen molar-refractivity contribution in [1.29, 1.82) is 0 Å². The van der Waals surface area contributed by atoms with E-state index in [1.807, 2.05) is 0 Å². The third-order valence-corrected chi connectivity index (χ3v) is 5.10. The molecule has 0 aliphatic heterocycles. The maximum atomic E-state index is 13.0. The van der Waals surface area contributed by atoms with Crippen LogP contribution in [0, 0.1) is 0 Å². The van der Waals surface area contributed by atoms with Crippen LogP contribution in [0.2, 0.25) is 5.02 Å². The lowest BCUT2D eigenvalue weighted by molar-refractivity contribution is -0.141. The number of hydrogen-bond acceptors (Lipinski definition) is 6. The van der Waals surface area contributed by atoms with Gasteiger partial charge in [-0.25, -0.2) is 4.98 Å². The molecule has 1 amide bonds. The molecule has 0 aliphatic rings. The van der Waals surface area contributed by atoms with Crippen LogP contribution in [-0.4, -0.2) is 42.8 Å². The fraction of sp³-hybridized carbons (Fsp3) is 0.211. The van der Waals surface area contributed by atoms with Gasteiger partial charge in [-0.15, -0.1) is 5.10 Å². The molecule has 0 bridgehead atoms. The van der Waals surface area contributed by atoms with Gasteiger partial charge in [0, 0.05) is 19.5 Å². The van der Waals surface area contributed by atoms with Crippen LogP contribution in [0.25, 0.3) is 21.8 Å². The molecule has 0 spiro atoms. The summed E-state index contributed by atoms with van der Waals surface area (Å²) in [6, 6.07) is 5.14. The van der Waals surface area contributed by atoms with Crippen molar-refractivity contribution in [3.8, 4) is 0 Å². The number of carbonyl (C=O) groups is 1. The molecule has 0 saturated heterocycles. The quantitative estimate of drug-likeness (QED) is 0.514. The Labute approximate surface area is 178 Å². The van der Waals surface area contributed by atoms with E-state index in [0.29, 0.717) is 27.6 Å². The standard InChI is InChI=1S/C19H15ClF3N7O/c1-29(8-9-3-4-15(28-27-9)19(21,22)23)18(31)10-5-11-14(6-13(10)20)26-17(24)12-7-25-30(2)16(11)12/h3-7H,8H2,1-2H3,(H2,24,26). The molecule has 0 radical (unpaired) electrons. The third-order valence-electron chi connectivity index (χ3n) is 4.78. The number of fused-ring (bicyclic) bond motifs is 3. The number of anilines is 1. The Bertz CT molecular complexity index is 1320. The summed E-state index contributed by atoms with van der Waals surface area (Å²) < 4.78 is 39.6. The summed E-state index contributed by atoms with van der Waals surface area (Å²) in [5, 5.41) is 12.4. The molecule has 3 heterocycles. The number of aryl methyl sites for hydroxylation is 1. The van der Waals surface area contributed by atoms with Crippen LogP contribution >= 0.6 is 11.6 Å². The first-order chi connectivity index (χ1) is 14.6. The largest absolute Gasteiger partial charge is 0.435 e. The molecule has 0 fully saturated rings. The van der Waals surface area contributed by atoms with Gasteiger partial charge in [0.25, 0.3) is 5.91 Å². The van der Waals surface area contributed by atoms with Crippen LogP contribution in [0.3, 0.4) is 0 Å². The number of hydrogen-bond donors (Lipinski definition) is 1. The van der Waals surface area contributed by atoms with E-state index in [1.165, 1.54) is 18.0 Å². The van der Waals surface area contributed by atoms with Crippen LogP contribution in [0.1, 0.15) is 21.7 Å². The number of halogens is 4. The van der Waals surface area contributed by atoms with E-state index < -0.39 is 17.8 Å². The number of nitrogens with zero attached hydrogens (tertiary/aromatic N) is 6. The zero-order valence-electron chi connectivity index (χ0n) is 16.3. The molecule has 0 atom stereocenters. The van der Waals surface area contributed by atoms with Gasteiger partial charge in [0.15, 0.2) is 5.69 Å². The molecule has 0 unspecified atom stereocenters. The highest BCUT2D eigenvalue weighted by atomic mass is 35.5. The lowest BCUT2D eigenvalue weighted by atomic mass is 10.1. The van der Waals surface area contributed by atoms with E-state index in [0.717, 1.165) is 6.07 Å².